The van der Waals surface area contributed by atoms with Gasteiger partial charge in [0.1, 0.15) is 11.2 Å². The predicted molar refractivity (Wildman–Crippen MR) is 144 cm³/mol. The van der Waals surface area contributed by atoms with Crippen molar-refractivity contribution >= 4 is 11.8 Å². The van der Waals surface area contributed by atoms with Crippen molar-refractivity contribution in [2.24, 2.45) is 0 Å². The number of carbonyl (C=O) groups excluding carboxylic acids is 2. The van der Waals surface area contributed by atoms with Gasteiger partial charge in [-0.3, -0.25) is 14.3 Å². The van der Waals surface area contributed by atoms with Gasteiger partial charge in [-0.05, 0) is 24.6 Å². The van der Waals surface area contributed by atoms with Gasteiger partial charge in [-0.15, -0.1) is 0 Å². The van der Waals surface area contributed by atoms with Crippen LogP contribution in [0.2, 0.25) is 0 Å². The molecule has 194 valence electrons. The van der Waals surface area contributed by atoms with Crippen molar-refractivity contribution < 1.29 is 19.1 Å². The first kappa shape index (κ1) is 25.1. The molecule has 1 aliphatic rings. The summed E-state index contributed by atoms with van der Waals surface area (Å²) in [6.07, 6.45) is 0. The molecule has 0 bridgehead atoms. The Hall–Kier alpha value is -4.59. The van der Waals surface area contributed by atoms with Crippen molar-refractivity contribution in [1.29, 1.82) is 0 Å². The smallest absolute Gasteiger partial charge is 0.273 e. The highest BCUT2D eigenvalue weighted by atomic mass is 16.5. The zero-order valence-electron chi connectivity index (χ0n) is 21.7. The van der Waals surface area contributed by atoms with Crippen LogP contribution in [0.5, 0.6) is 11.5 Å². The fourth-order valence-electron chi connectivity index (χ4n) is 4.86. The quantitative estimate of drug-likeness (QED) is 0.382. The van der Waals surface area contributed by atoms with Crippen molar-refractivity contribution in [2.45, 2.75) is 32.1 Å². The Morgan fingerprint density at radius 3 is 2.37 bits per heavy atom. The number of nitrogens with one attached hydrogen (secondary N) is 1. The molecule has 0 aliphatic carbocycles. The van der Waals surface area contributed by atoms with E-state index < -0.39 is 5.54 Å². The number of para-hydroxylation sites is 1. The van der Waals surface area contributed by atoms with E-state index in [0.29, 0.717) is 29.4 Å². The molecule has 0 saturated heterocycles. The summed E-state index contributed by atoms with van der Waals surface area (Å²) in [7, 11) is 3.13. The van der Waals surface area contributed by atoms with Gasteiger partial charge in [0.2, 0.25) is 5.91 Å². The minimum Gasteiger partial charge on any atom is -0.493 e. The van der Waals surface area contributed by atoms with Crippen molar-refractivity contribution in [1.82, 2.24) is 20.0 Å². The van der Waals surface area contributed by atoms with E-state index in [1.165, 1.54) is 0 Å². The van der Waals surface area contributed by atoms with Gasteiger partial charge >= 0.3 is 0 Å². The van der Waals surface area contributed by atoms with Crippen LogP contribution in [-0.4, -0.2) is 46.3 Å². The molecular weight excluding hydrogens is 480 g/mol. The molecule has 2 heterocycles. The van der Waals surface area contributed by atoms with Crippen LogP contribution in [0.4, 0.5) is 0 Å². The second kappa shape index (κ2) is 10.4. The molecule has 8 heteroatoms. The van der Waals surface area contributed by atoms with Crippen LogP contribution in [0.3, 0.4) is 0 Å². The Morgan fingerprint density at radius 1 is 0.974 bits per heavy atom. The van der Waals surface area contributed by atoms with E-state index in [4.69, 9.17) is 14.6 Å². The van der Waals surface area contributed by atoms with Gasteiger partial charge in [0.25, 0.3) is 5.91 Å². The SMILES string of the molecule is COc1cccc(CN2C(=O)c3cc(-c4ccccc4)nn3C[C@@]2(C)C(=O)NCc2ccccc2)c1OC. The van der Waals surface area contributed by atoms with Crippen molar-refractivity contribution in [3.63, 3.8) is 0 Å². The summed E-state index contributed by atoms with van der Waals surface area (Å²) < 4.78 is 12.7. The Bertz CT molecular complexity index is 1450. The third kappa shape index (κ3) is 4.61. The molecular formula is C30H30N4O4. The molecule has 1 N–H and O–H groups in total. The average molecular weight is 511 g/mol. The minimum absolute atomic E-state index is 0.153. The number of nitrogens with zero attached hydrogens (tertiary/aromatic N) is 3. The summed E-state index contributed by atoms with van der Waals surface area (Å²) in [4.78, 5) is 29.4. The summed E-state index contributed by atoms with van der Waals surface area (Å²) in [5.74, 6) is 0.534. The lowest BCUT2D eigenvalue weighted by Crippen LogP contribution is -2.63. The molecule has 0 unspecified atom stereocenters. The van der Waals surface area contributed by atoms with Crippen LogP contribution < -0.4 is 14.8 Å². The Kier molecular flexibility index (Phi) is 6.87. The maximum atomic E-state index is 14.0. The number of methoxy groups -OCH3 is 2. The van der Waals surface area contributed by atoms with E-state index in [1.54, 1.807) is 42.9 Å². The molecule has 2 amide bonds. The zero-order chi connectivity index (χ0) is 26.7. The number of amides is 2. The fraction of sp³-hybridized carbons (Fsp3) is 0.233. The minimum atomic E-state index is -1.22. The topological polar surface area (TPSA) is 85.7 Å². The van der Waals surface area contributed by atoms with E-state index in [2.05, 4.69) is 5.32 Å². The highest BCUT2D eigenvalue weighted by Crippen LogP contribution is 2.36. The molecule has 38 heavy (non-hydrogen) atoms. The van der Waals surface area contributed by atoms with E-state index in [1.807, 2.05) is 72.8 Å². The molecule has 0 radical (unpaired) electrons. The van der Waals surface area contributed by atoms with Gasteiger partial charge in [0, 0.05) is 17.7 Å². The Labute approximate surface area is 221 Å². The fourth-order valence-corrected chi connectivity index (χ4v) is 4.86. The largest absolute Gasteiger partial charge is 0.493 e. The van der Waals surface area contributed by atoms with Gasteiger partial charge in [-0.1, -0.05) is 72.8 Å². The van der Waals surface area contributed by atoms with E-state index in [9.17, 15) is 9.59 Å². The summed E-state index contributed by atoms with van der Waals surface area (Å²) >= 11 is 0. The lowest BCUT2D eigenvalue weighted by Gasteiger charge is -2.43. The number of fused-ring (bicyclic) bond motifs is 1. The van der Waals surface area contributed by atoms with Gasteiger partial charge in [-0.2, -0.15) is 5.10 Å². The summed E-state index contributed by atoms with van der Waals surface area (Å²) in [5, 5.41) is 7.75. The monoisotopic (exact) mass is 510 g/mol. The van der Waals surface area contributed by atoms with Gasteiger partial charge < -0.3 is 19.7 Å². The maximum Gasteiger partial charge on any atom is 0.273 e. The lowest BCUT2D eigenvalue weighted by molar-refractivity contribution is -0.133. The third-order valence-electron chi connectivity index (χ3n) is 6.97. The number of rotatable bonds is 8. The molecule has 0 saturated carbocycles. The van der Waals surface area contributed by atoms with Crippen molar-refractivity contribution in [3.8, 4) is 22.8 Å². The van der Waals surface area contributed by atoms with Crippen LogP contribution in [0.25, 0.3) is 11.3 Å². The molecule has 3 aromatic carbocycles. The van der Waals surface area contributed by atoms with E-state index in [-0.39, 0.29) is 24.9 Å². The number of aromatic nitrogens is 2. The van der Waals surface area contributed by atoms with Crippen LogP contribution in [-0.2, 0) is 24.4 Å². The second-order valence-electron chi connectivity index (χ2n) is 9.42. The summed E-state index contributed by atoms with van der Waals surface area (Å²) in [6, 6.07) is 26.7. The number of benzene rings is 3. The normalized spacial score (nSPS) is 16.6. The Balaban J connectivity index is 1.54. The number of ether oxygens (including phenoxy) is 2. The van der Waals surface area contributed by atoms with E-state index >= 15 is 0 Å². The predicted octanol–water partition coefficient (Wildman–Crippen LogP) is 4.30. The summed E-state index contributed by atoms with van der Waals surface area (Å²) in [6.45, 7) is 2.49. The van der Waals surface area contributed by atoms with Crippen molar-refractivity contribution in [2.75, 3.05) is 14.2 Å². The zero-order valence-corrected chi connectivity index (χ0v) is 21.7. The summed E-state index contributed by atoms with van der Waals surface area (Å²) in [5.41, 5.74) is 2.50. The van der Waals surface area contributed by atoms with Gasteiger partial charge in [0.05, 0.1) is 33.0 Å². The molecule has 1 aromatic heterocycles. The standard InChI is InChI=1S/C30H30N4O4/c1-30(29(36)31-18-21-11-6-4-7-12-21)20-34-25(17-24(32-34)22-13-8-5-9-14-22)28(35)33(30)19-23-15-10-16-26(37-2)27(23)38-3/h4-17H,18-20H2,1-3H3,(H,31,36)/t30-/m0/s1. The molecule has 0 spiro atoms. The molecule has 5 rings (SSSR count). The molecule has 1 aliphatic heterocycles. The highest BCUT2D eigenvalue weighted by Gasteiger charge is 2.48. The first-order valence-corrected chi connectivity index (χ1v) is 12.4. The van der Waals surface area contributed by atoms with Crippen LogP contribution in [0.15, 0.2) is 84.9 Å². The first-order chi connectivity index (χ1) is 18.4. The second-order valence-corrected chi connectivity index (χ2v) is 9.42. The lowest BCUT2D eigenvalue weighted by atomic mass is 9.93. The number of hydrogen-bond acceptors (Lipinski definition) is 5. The maximum absolute atomic E-state index is 14.0. The van der Waals surface area contributed by atoms with Crippen LogP contribution in [0, 0.1) is 0 Å². The number of hydrogen-bond donors (Lipinski definition) is 1. The molecule has 1 atom stereocenters. The highest BCUT2D eigenvalue weighted by molar-refractivity contribution is 6.00. The van der Waals surface area contributed by atoms with Crippen molar-refractivity contribution in [3.05, 3.63) is 102 Å². The molecule has 8 nitrogen and oxygen atoms in total. The van der Waals surface area contributed by atoms with Crippen LogP contribution >= 0.6 is 0 Å². The Morgan fingerprint density at radius 2 is 1.68 bits per heavy atom. The molecule has 4 aromatic rings. The molecule has 0 fully saturated rings. The first-order valence-electron chi connectivity index (χ1n) is 12.4. The third-order valence-corrected chi connectivity index (χ3v) is 6.97. The average Bonchev–Trinajstić information content (AvgIpc) is 3.38. The van der Waals surface area contributed by atoms with Crippen LogP contribution in [0.1, 0.15) is 28.5 Å². The van der Waals surface area contributed by atoms with E-state index in [0.717, 1.165) is 16.7 Å². The van der Waals surface area contributed by atoms with Gasteiger partial charge in [0.15, 0.2) is 11.5 Å². The van der Waals surface area contributed by atoms with Gasteiger partial charge in [-0.25, -0.2) is 0 Å². The number of carbonyl (C=O) groups is 2.